The van der Waals surface area contributed by atoms with Crippen molar-refractivity contribution in [1.29, 1.82) is 0 Å². The average Bonchev–Trinajstić information content (AvgIpc) is 2.42. The first-order valence-electron chi connectivity index (χ1n) is 6.70. The van der Waals surface area contributed by atoms with Crippen molar-refractivity contribution in [3.8, 4) is 0 Å². The molecule has 0 bridgehead atoms. The smallest absolute Gasteiger partial charge is 0.303 e. The molecule has 0 rings (SSSR count). The fraction of sp³-hybridized carbons (Fsp3) is 0.692. The van der Waals surface area contributed by atoms with Crippen molar-refractivity contribution in [2.24, 2.45) is 0 Å². The molecule has 126 valence electrons. The molecular formula is C13H20O5S4. The van der Waals surface area contributed by atoms with E-state index in [1.165, 1.54) is 18.7 Å². The summed E-state index contributed by atoms with van der Waals surface area (Å²) in [5, 5.41) is 0. The molecule has 0 saturated carbocycles. The summed E-state index contributed by atoms with van der Waals surface area (Å²) in [6.45, 7) is 5.89. The largest absolute Gasteiger partial charge is 0.479 e. The Hall–Kier alpha value is -0.380. The van der Waals surface area contributed by atoms with Gasteiger partial charge in [0.1, 0.15) is 5.78 Å². The molecule has 0 spiro atoms. The molecule has 0 amide bonds. The number of ketones is 1. The summed E-state index contributed by atoms with van der Waals surface area (Å²) in [4.78, 5) is 22.9. The van der Waals surface area contributed by atoms with Crippen LogP contribution in [0.25, 0.3) is 0 Å². The molecular weight excluding hydrogens is 364 g/mol. The maximum absolute atomic E-state index is 11.8. The standard InChI is InChI=1S/C13H20O5S4/c1-4-16-12(19)21-8-10(15)6-7-11(18-9(3)14)22-13(20)17-5-2/h11H,4-8H2,1-3H3. The number of thiocarbonyl (C=S) groups is 2. The number of hydrogen-bond donors (Lipinski definition) is 0. The van der Waals surface area contributed by atoms with Crippen LogP contribution in [0.15, 0.2) is 0 Å². The fourth-order valence-electron chi connectivity index (χ4n) is 1.24. The van der Waals surface area contributed by atoms with Gasteiger partial charge in [0.05, 0.1) is 19.0 Å². The van der Waals surface area contributed by atoms with Gasteiger partial charge in [-0.2, -0.15) is 0 Å². The summed E-state index contributed by atoms with van der Waals surface area (Å²) in [7, 11) is 0. The Balaban J connectivity index is 4.19. The maximum Gasteiger partial charge on any atom is 0.303 e. The monoisotopic (exact) mass is 384 g/mol. The lowest BCUT2D eigenvalue weighted by atomic mass is 10.2. The van der Waals surface area contributed by atoms with E-state index in [0.717, 1.165) is 11.8 Å². The zero-order valence-corrected chi connectivity index (χ0v) is 16.1. The summed E-state index contributed by atoms with van der Waals surface area (Å²) in [5.74, 6) is -0.171. The van der Waals surface area contributed by atoms with E-state index < -0.39 is 11.4 Å². The molecule has 0 aromatic rings. The first-order valence-corrected chi connectivity index (χ1v) is 9.39. The van der Waals surface area contributed by atoms with Crippen molar-refractivity contribution >= 4 is 68.5 Å². The minimum atomic E-state index is -0.524. The first-order chi connectivity index (χ1) is 10.4. The highest BCUT2D eigenvalue weighted by atomic mass is 32.2. The van der Waals surface area contributed by atoms with Crippen LogP contribution in [0.2, 0.25) is 0 Å². The molecule has 0 radical (unpaired) electrons. The Morgan fingerprint density at radius 2 is 1.68 bits per heavy atom. The van der Waals surface area contributed by atoms with E-state index in [2.05, 4.69) is 0 Å². The summed E-state index contributed by atoms with van der Waals surface area (Å²) >= 11 is 12.3. The van der Waals surface area contributed by atoms with E-state index in [9.17, 15) is 9.59 Å². The third-order valence-electron chi connectivity index (χ3n) is 2.06. The lowest BCUT2D eigenvalue weighted by Crippen LogP contribution is -2.17. The molecule has 0 heterocycles. The molecule has 0 fully saturated rings. The summed E-state index contributed by atoms with van der Waals surface area (Å²) < 4.78 is 16.0. The van der Waals surface area contributed by atoms with Crippen LogP contribution in [0.5, 0.6) is 0 Å². The molecule has 1 atom stereocenters. The number of rotatable bonds is 9. The number of carbonyl (C=O) groups excluding carboxylic acids is 2. The van der Waals surface area contributed by atoms with Crippen molar-refractivity contribution in [1.82, 2.24) is 0 Å². The van der Waals surface area contributed by atoms with Crippen LogP contribution < -0.4 is 0 Å². The second-order valence-corrected chi connectivity index (χ2v) is 7.23. The van der Waals surface area contributed by atoms with Gasteiger partial charge >= 0.3 is 5.97 Å². The summed E-state index contributed by atoms with van der Waals surface area (Å²) in [5.41, 5.74) is -0.524. The van der Waals surface area contributed by atoms with Crippen LogP contribution in [-0.4, -0.2) is 44.9 Å². The molecule has 0 N–H and O–H groups in total. The third kappa shape index (κ3) is 12.2. The highest BCUT2D eigenvalue weighted by Crippen LogP contribution is 2.21. The van der Waals surface area contributed by atoms with Crippen molar-refractivity contribution in [3.05, 3.63) is 0 Å². The molecule has 0 aliphatic rings. The minimum Gasteiger partial charge on any atom is -0.479 e. The molecule has 9 heteroatoms. The third-order valence-corrected chi connectivity index (χ3v) is 4.66. The summed E-state index contributed by atoms with van der Waals surface area (Å²) in [6.07, 6.45) is 0.639. The molecule has 5 nitrogen and oxygen atoms in total. The SMILES string of the molecule is CCOC(=S)SCC(=O)CCC(OC(C)=O)SC(=S)OCC. The zero-order valence-electron chi connectivity index (χ0n) is 12.8. The lowest BCUT2D eigenvalue weighted by Gasteiger charge is -2.16. The van der Waals surface area contributed by atoms with Crippen LogP contribution in [0.3, 0.4) is 0 Å². The second kappa shape index (κ2) is 13.1. The van der Waals surface area contributed by atoms with Crippen molar-refractivity contribution < 1.29 is 23.8 Å². The van der Waals surface area contributed by atoms with E-state index >= 15 is 0 Å². The van der Waals surface area contributed by atoms with Gasteiger partial charge in [-0.3, -0.25) is 9.59 Å². The summed E-state index contributed by atoms with van der Waals surface area (Å²) in [6, 6.07) is 0. The Bertz CT molecular complexity index is 400. The van der Waals surface area contributed by atoms with Crippen LogP contribution in [0, 0.1) is 0 Å². The van der Waals surface area contributed by atoms with E-state index in [0.29, 0.717) is 28.4 Å². The van der Waals surface area contributed by atoms with Gasteiger partial charge in [-0.15, -0.1) is 0 Å². The van der Waals surface area contributed by atoms with Gasteiger partial charge in [0.25, 0.3) is 0 Å². The van der Waals surface area contributed by atoms with E-state index in [4.69, 9.17) is 38.6 Å². The number of ether oxygens (including phenoxy) is 3. The van der Waals surface area contributed by atoms with Crippen LogP contribution in [0.4, 0.5) is 0 Å². The van der Waals surface area contributed by atoms with Crippen LogP contribution >= 0.6 is 48.0 Å². The van der Waals surface area contributed by atoms with Crippen molar-refractivity contribution in [2.45, 2.75) is 39.0 Å². The predicted molar refractivity (Wildman–Crippen MR) is 98.3 cm³/mol. The van der Waals surface area contributed by atoms with Gasteiger partial charge < -0.3 is 14.2 Å². The van der Waals surface area contributed by atoms with Gasteiger partial charge in [0, 0.05) is 19.8 Å². The number of thioether (sulfide) groups is 2. The van der Waals surface area contributed by atoms with Gasteiger partial charge in [0.2, 0.25) is 8.77 Å². The quantitative estimate of drug-likeness (QED) is 0.338. The highest BCUT2D eigenvalue weighted by Gasteiger charge is 2.18. The van der Waals surface area contributed by atoms with Gasteiger partial charge in [-0.25, -0.2) is 0 Å². The molecule has 1 unspecified atom stereocenters. The van der Waals surface area contributed by atoms with E-state index in [1.54, 1.807) is 0 Å². The van der Waals surface area contributed by atoms with Gasteiger partial charge in [0.15, 0.2) is 5.44 Å². The van der Waals surface area contributed by atoms with Gasteiger partial charge in [-0.1, -0.05) is 11.8 Å². The lowest BCUT2D eigenvalue weighted by molar-refractivity contribution is -0.143. The number of hydrogen-bond acceptors (Lipinski definition) is 9. The van der Waals surface area contributed by atoms with Crippen LogP contribution in [-0.2, 0) is 23.8 Å². The highest BCUT2D eigenvalue weighted by molar-refractivity contribution is 8.23. The zero-order chi connectivity index (χ0) is 17.0. The van der Waals surface area contributed by atoms with Crippen LogP contribution in [0.1, 0.15) is 33.6 Å². The van der Waals surface area contributed by atoms with Crippen molar-refractivity contribution in [3.63, 3.8) is 0 Å². The van der Waals surface area contributed by atoms with E-state index in [-0.39, 0.29) is 18.0 Å². The molecule has 0 aliphatic heterocycles. The fourth-order valence-corrected chi connectivity index (χ4v) is 3.41. The normalized spacial score (nSPS) is 11.4. The average molecular weight is 385 g/mol. The maximum atomic E-state index is 11.8. The minimum absolute atomic E-state index is 0.00660. The Morgan fingerprint density at radius 1 is 1.09 bits per heavy atom. The number of esters is 1. The van der Waals surface area contributed by atoms with Gasteiger partial charge in [-0.05, 0) is 50.0 Å². The molecule has 0 aromatic heterocycles. The predicted octanol–water partition coefficient (Wildman–Crippen LogP) is 3.33. The Kier molecular flexibility index (Phi) is 12.9. The second-order valence-electron chi connectivity index (χ2n) is 3.89. The first kappa shape index (κ1) is 21.6. The molecule has 0 aromatic carbocycles. The number of Topliss-reactive ketones (excluding diaryl/α,β-unsaturated/α-hetero) is 1. The van der Waals surface area contributed by atoms with Crippen molar-refractivity contribution in [2.75, 3.05) is 19.0 Å². The molecule has 0 saturated heterocycles. The Labute approximate surface area is 150 Å². The molecule has 22 heavy (non-hydrogen) atoms. The topological polar surface area (TPSA) is 61.8 Å². The van der Waals surface area contributed by atoms with E-state index in [1.807, 2.05) is 13.8 Å². The Morgan fingerprint density at radius 3 is 2.23 bits per heavy atom. The molecule has 0 aliphatic carbocycles. The number of carbonyl (C=O) groups is 2.